The predicted molar refractivity (Wildman–Crippen MR) is 62.7 cm³/mol. The molecular weight excluding hydrogens is 210 g/mol. The number of carbonyl (C=O) groups is 1. The second-order valence-electron chi connectivity index (χ2n) is 3.32. The number of nitrogens with one attached hydrogen (secondary N) is 1. The maximum absolute atomic E-state index is 11.6. The van der Waals surface area contributed by atoms with Gasteiger partial charge in [-0.1, -0.05) is 24.9 Å². The summed E-state index contributed by atoms with van der Waals surface area (Å²) in [5.41, 5.74) is 0.595. The second kappa shape index (κ2) is 5.76. The maximum atomic E-state index is 11.6. The van der Waals surface area contributed by atoms with Crippen LogP contribution in [-0.4, -0.2) is 11.9 Å². The fourth-order valence-electron chi connectivity index (χ4n) is 1.19. The number of benzene rings is 1. The predicted octanol–water partition coefficient (Wildman–Crippen LogP) is 2.89. The lowest BCUT2D eigenvalue weighted by atomic mass is 10.1. The highest BCUT2D eigenvalue weighted by Gasteiger charge is 2.08. The summed E-state index contributed by atoms with van der Waals surface area (Å²) in [5.74, 6) is -0.125. The lowest BCUT2D eigenvalue weighted by Crippen LogP contribution is -2.32. The average Bonchev–Trinajstić information content (AvgIpc) is 2.18. The first kappa shape index (κ1) is 12.1. The zero-order valence-electron chi connectivity index (χ0n) is 8.50. The van der Waals surface area contributed by atoms with E-state index in [2.05, 4.69) is 19.2 Å². The van der Waals surface area contributed by atoms with E-state index in [1.807, 2.05) is 0 Å². The molecule has 1 amide bonds. The largest absolute Gasteiger partial charge is 0.349 e. The Labute approximate surface area is 95.6 Å². The van der Waals surface area contributed by atoms with Crippen molar-refractivity contribution in [2.24, 2.45) is 0 Å². The molecule has 0 saturated carbocycles. The highest BCUT2D eigenvalue weighted by Crippen LogP contribution is 2.09. The summed E-state index contributed by atoms with van der Waals surface area (Å²) in [6, 6.07) is 6.67. The first-order valence-electron chi connectivity index (χ1n) is 4.82. The second-order valence-corrected chi connectivity index (χ2v) is 3.76. The molecule has 1 unspecified atom stereocenters. The molecule has 80 valence electrons. The standard InChI is InChI=1S/C12H14ClNO/c1-3-4-9(2)14-12(15)10-5-7-11(13)8-6-10/h5-9H,1-4H2,(H,14,15). The van der Waals surface area contributed by atoms with Gasteiger partial charge in [-0.2, -0.15) is 0 Å². The Bertz CT molecular complexity index is 321. The molecule has 1 N–H and O–H groups in total. The first-order valence-corrected chi connectivity index (χ1v) is 5.20. The molecule has 0 aliphatic carbocycles. The van der Waals surface area contributed by atoms with Crippen LogP contribution in [0.25, 0.3) is 0 Å². The third kappa shape index (κ3) is 3.92. The molecule has 0 aromatic heterocycles. The Morgan fingerprint density at radius 3 is 2.53 bits per heavy atom. The molecule has 2 nitrogen and oxygen atoms in total. The Morgan fingerprint density at radius 1 is 1.40 bits per heavy atom. The molecule has 0 heterocycles. The number of halogens is 1. The van der Waals surface area contributed by atoms with Gasteiger partial charge in [0.25, 0.3) is 5.91 Å². The summed E-state index contributed by atoms with van der Waals surface area (Å²) in [4.78, 5) is 11.6. The minimum absolute atomic E-state index is 0.0920. The van der Waals surface area contributed by atoms with E-state index in [1.54, 1.807) is 24.3 Å². The molecule has 2 radical (unpaired) electrons. The zero-order valence-corrected chi connectivity index (χ0v) is 9.26. The molecule has 0 bridgehead atoms. The van der Waals surface area contributed by atoms with Crippen LogP contribution in [0.3, 0.4) is 0 Å². The van der Waals surface area contributed by atoms with Crippen molar-refractivity contribution in [3.63, 3.8) is 0 Å². The van der Waals surface area contributed by atoms with Gasteiger partial charge in [0.1, 0.15) is 0 Å². The van der Waals surface area contributed by atoms with Crippen LogP contribution in [0.1, 0.15) is 23.2 Å². The van der Waals surface area contributed by atoms with Crippen molar-refractivity contribution in [3.05, 3.63) is 48.7 Å². The summed E-state index contributed by atoms with van der Waals surface area (Å²) >= 11 is 5.72. The van der Waals surface area contributed by atoms with Gasteiger partial charge in [0.2, 0.25) is 0 Å². The van der Waals surface area contributed by atoms with E-state index in [0.29, 0.717) is 10.6 Å². The van der Waals surface area contributed by atoms with E-state index in [0.717, 1.165) is 12.8 Å². The molecule has 0 aliphatic heterocycles. The van der Waals surface area contributed by atoms with Crippen molar-refractivity contribution in [1.29, 1.82) is 0 Å². The first-order chi connectivity index (χ1) is 7.13. The number of rotatable bonds is 4. The highest BCUT2D eigenvalue weighted by molar-refractivity contribution is 6.30. The molecular formula is C12H14ClNO. The van der Waals surface area contributed by atoms with Gasteiger partial charge in [-0.05, 0) is 37.6 Å². The van der Waals surface area contributed by atoms with E-state index < -0.39 is 0 Å². The van der Waals surface area contributed by atoms with Gasteiger partial charge in [-0.3, -0.25) is 4.79 Å². The van der Waals surface area contributed by atoms with Crippen molar-refractivity contribution in [1.82, 2.24) is 5.32 Å². The quantitative estimate of drug-likeness (QED) is 0.836. The van der Waals surface area contributed by atoms with E-state index in [1.165, 1.54) is 0 Å². The smallest absolute Gasteiger partial charge is 0.251 e. The van der Waals surface area contributed by atoms with Crippen LogP contribution in [-0.2, 0) is 0 Å². The lowest BCUT2D eigenvalue weighted by molar-refractivity contribution is 0.0943. The van der Waals surface area contributed by atoms with Gasteiger partial charge >= 0.3 is 0 Å². The molecule has 1 rings (SSSR count). The van der Waals surface area contributed by atoms with Crippen molar-refractivity contribution < 1.29 is 4.79 Å². The van der Waals surface area contributed by atoms with Crippen LogP contribution in [0.2, 0.25) is 5.02 Å². The molecule has 1 aromatic rings. The Hall–Kier alpha value is -1.02. The number of hydrogen-bond acceptors (Lipinski definition) is 1. The van der Waals surface area contributed by atoms with Crippen molar-refractivity contribution >= 4 is 17.5 Å². The van der Waals surface area contributed by atoms with E-state index >= 15 is 0 Å². The molecule has 0 aliphatic rings. The Kier molecular flexibility index (Phi) is 4.63. The molecule has 0 fully saturated rings. The van der Waals surface area contributed by atoms with Gasteiger partial charge in [0, 0.05) is 16.6 Å². The third-order valence-corrected chi connectivity index (χ3v) is 2.25. The monoisotopic (exact) mass is 223 g/mol. The van der Waals surface area contributed by atoms with E-state index in [-0.39, 0.29) is 11.9 Å². The number of carbonyl (C=O) groups excluding carboxylic acids is 1. The SMILES string of the molecule is [CH2]CCC([CH2])NC(=O)c1ccc(Cl)cc1. The molecule has 1 aromatic carbocycles. The van der Waals surface area contributed by atoms with Crippen LogP contribution in [0.4, 0.5) is 0 Å². The molecule has 0 spiro atoms. The summed E-state index contributed by atoms with van der Waals surface area (Å²) in [7, 11) is 0. The van der Waals surface area contributed by atoms with Gasteiger partial charge < -0.3 is 5.32 Å². The number of hydrogen-bond donors (Lipinski definition) is 1. The van der Waals surface area contributed by atoms with Gasteiger partial charge in [0.05, 0.1) is 0 Å². The molecule has 1 atom stereocenters. The van der Waals surface area contributed by atoms with Gasteiger partial charge in [-0.15, -0.1) is 0 Å². The number of amides is 1. The van der Waals surface area contributed by atoms with Crippen LogP contribution >= 0.6 is 11.6 Å². The van der Waals surface area contributed by atoms with Crippen molar-refractivity contribution in [3.8, 4) is 0 Å². The van der Waals surface area contributed by atoms with Crippen molar-refractivity contribution in [2.75, 3.05) is 0 Å². The average molecular weight is 224 g/mol. The summed E-state index contributed by atoms with van der Waals surface area (Å²) in [6.45, 7) is 7.52. The van der Waals surface area contributed by atoms with Crippen molar-refractivity contribution in [2.45, 2.75) is 18.9 Å². The maximum Gasteiger partial charge on any atom is 0.251 e. The van der Waals surface area contributed by atoms with E-state index in [4.69, 9.17) is 11.6 Å². The zero-order chi connectivity index (χ0) is 11.3. The molecule has 3 heteroatoms. The summed E-state index contributed by atoms with van der Waals surface area (Å²) < 4.78 is 0. The van der Waals surface area contributed by atoms with Crippen LogP contribution in [0.15, 0.2) is 24.3 Å². The Balaban J connectivity index is 2.57. The van der Waals surface area contributed by atoms with Gasteiger partial charge in [0.15, 0.2) is 0 Å². The third-order valence-electron chi connectivity index (χ3n) is 1.99. The minimum atomic E-state index is -0.125. The highest BCUT2D eigenvalue weighted by atomic mass is 35.5. The van der Waals surface area contributed by atoms with Crippen LogP contribution in [0, 0.1) is 13.8 Å². The lowest BCUT2D eigenvalue weighted by Gasteiger charge is -2.12. The molecule has 0 saturated heterocycles. The summed E-state index contributed by atoms with van der Waals surface area (Å²) in [5, 5.41) is 3.40. The minimum Gasteiger partial charge on any atom is -0.349 e. The fourth-order valence-corrected chi connectivity index (χ4v) is 1.31. The van der Waals surface area contributed by atoms with E-state index in [9.17, 15) is 4.79 Å². The normalized spacial score (nSPS) is 12.2. The van der Waals surface area contributed by atoms with Gasteiger partial charge in [-0.25, -0.2) is 0 Å². The van der Waals surface area contributed by atoms with Crippen LogP contribution in [0.5, 0.6) is 0 Å². The summed E-state index contributed by atoms with van der Waals surface area (Å²) in [6.07, 6.45) is 1.54. The molecule has 15 heavy (non-hydrogen) atoms. The van der Waals surface area contributed by atoms with Crippen LogP contribution < -0.4 is 5.32 Å². The Morgan fingerprint density at radius 2 is 2.00 bits per heavy atom. The topological polar surface area (TPSA) is 29.1 Å². The fraction of sp³-hybridized carbons (Fsp3) is 0.250.